The number of benzene rings is 1. The molecule has 1 aromatic heterocycles. The molecule has 0 saturated carbocycles. The predicted octanol–water partition coefficient (Wildman–Crippen LogP) is 3.91. The van der Waals surface area contributed by atoms with Gasteiger partial charge in [-0.3, -0.25) is 4.79 Å². The molecule has 0 aliphatic rings. The molecule has 0 N–H and O–H groups in total. The number of hydrogen-bond donors (Lipinski definition) is 0. The number of hydrogen-bond acceptors (Lipinski definition) is 3. The molecular weight excluding hydrogens is 264 g/mol. The average Bonchev–Trinajstić information content (AvgIpc) is 2.96. The van der Waals surface area contributed by atoms with E-state index in [1.54, 1.807) is 6.07 Å². The first kappa shape index (κ1) is 15.3. The Morgan fingerprint density at radius 2 is 1.90 bits per heavy atom. The van der Waals surface area contributed by atoms with Gasteiger partial charge in [-0.05, 0) is 25.8 Å². The van der Waals surface area contributed by atoms with Gasteiger partial charge in [0.05, 0.1) is 0 Å². The first-order chi connectivity index (χ1) is 10.2. The summed E-state index contributed by atoms with van der Waals surface area (Å²) in [6.45, 7) is 7.66. The van der Waals surface area contributed by atoms with Crippen molar-refractivity contribution in [1.29, 1.82) is 0 Å². The van der Waals surface area contributed by atoms with E-state index in [1.807, 2.05) is 36.1 Å². The summed E-state index contributed by atoms with van der Waals surface area (Å²) in [7, 11) is 0. The summed E-state index contributed by atoms with van der Waals surface area (Å²) in [5.41, 5.74) is 2.47. The smallest absolute Gasteiger partial charge is 0.276 e. The molecule has 0 atom stereocenters. The third-order valence-corrected chi connectivity index (χ3v) is 3.31. The second kappa shape index (κ2) is 7.07. The number of aromatic nitrogens is 1. The zero-order valence-electron chi connectivity index (χ0n) is 12.9. The molecule has 1 heterocycles. The minimum Gasteiger partial charge on any atom is -0.355 e. The van der Waals surface area contributed by atoms with Crippen LogP contribution in [0.15, 0.2) is 34.9 Å². The molecule has 0 fully saturated rings. The Kier molecular flexibility index (Phi) is 5.14. The van der Waals surface area contributed by atoms with Crippen LogP contribution in [0.1, 0.15) is 42.7 Å². The summed E-state index contributed by atoms with van der Waals surface area (Å²) in [5.74, 6) is 0.580. The highest BCUT2D eigenvalue weighted by Gasteiger charge is 2.19. The third kappa shape index (κ3) is 3.72. The standard InChI is InChI=1S/C17H22N2O2/c1-4-9-19(10-5-2)17(20)15-12-16(21-18-15)14-8-6-7-13(3)11-14/h6-8,11-12H,4-5,9-10H2,1-3H3. The Hall–Kier alpha value is -2.10. The van der Waals surface area contributed by atoms with Crippen molar-refractivity contribution in [2.45, 2.75) is 33.6 Å². The highest BCUT2D eigenvalue weighted by molar-refractivity contribution is 5.93. The van der Waals surface area contributed by atoms with Crippen LogP contribution in [0.25, 0.3) is 11.3 Å². The van der Waals surface area contributed by atoms with E-state index < -0.39 is 0 Å². The van der Waals surface area contributed by atoms with Crippen molar-refractivity contribution in [3.05, 3.63) is 41.6 Å². The maximum absolute atomic E-state index is 12.4. The molecule has 21 heavy (non-hydrogen) atoms. The molecule has 0 radical (unpaired) electrons. The summed E-state index contributed by atoms with van der Waals surface area (Å²) in [6.07, 6.45) is 1.88. The molecule has 0 aliphatic carbocycles. The van der Waals surface area contributed by atoms with Crippen LogP contribution in [0.3, 0.4) is 0 Å². The number of carbonyl (C=O) groups is 1. The lowest BCUT2D eigenvalue weighted by atomic mass is 10.1. The van der Waals surface area contributed by atoms with E-state index in [0.29, 0.717) is 11.5 Å². The van der Waals surface area contributed by atoms with E-state index in [1.165, 1.54) is 0 Å². The van der Waals surface area contributed by atoms with Gasteiger partial charge in [-0.15, -0.1) is 0 Å². The average molecular weight is 286 g/mol. The minimum atomic E-state index is -0.0543. The number of amides is 1. The zero-order valence-corrected chi connectivity index (χ0v) is 12.9. The van der Waals surface area contributed by atoms with Gasteiger partial charge in [-0.25, -0.2) is 0 Å². The van der Waals surface area contributed by atoms with Gasteiger partial charge in [0.1, 0.15) is 0 Å². The number of aryl methyl sites for hydroxylation is 1. The van der Waals surface area contributed by atoms with E-state index in [2.05, 4.69) is 19.0 Å². The fourth-order valence-corrected chi connectivity index (χ4v) is 2.33. The molecule has 1 aromatic carbocycles. The second-order valence-corrected chi connectivity index (χ2v) is 5.24. The Morgan fingerprint density at radius 1 is 1.19 bits per heavy atom. The molecule has 0 bridgehead atoms. The van der Waals surface area contributed by atoms with E-state index in [-0.39, 0.29) is 5.91 Å². The SMILES string of the molecule is CCCN(CCC)C(=O)c1cc(-c2cccc(C)c2)on1. The van der Waals surface area contributed by atoms with Gasteiger partial charge >= 0.3 is 0 Å². The van der Waals surface area contributed by atoms with Crippen LogP contribution in [0.2, 0.25) is 0 Å². The fourth-order valence-electron chi connectivity index (χ4n) is 2.33. The van der Waals surface area contributed by atoms with Crippen molar-refractivity contribution in [3.8, 4) is 11.3 Å². The highest BCUT2D eigenvalue weighted by atomic mass is 16.5. The van der Waals surface area contributed by atoms with Crippen molar-refractivity contribution in [3.63, 3.8) is 0 Å². The van der Waals surface area contributed by atoms with Gasteiger partial charge in [0, 0.05) is 24.7 Å². The lowest BCUT2D eigenvalue weighted by Gasteiger charge is -2.19. The van der Waals surface area contributed by atoms with E-state index in [0.717, 1.165) is 37.1 Å². The number of rotatable bonds is 6. The lowest BCUT2D eigenvalue weighted by Crippen LogP contribution is -2.32. The Balaban J connectivity index is 2.20. The van der Waals surface area contributed by atoms with Crippen molar-refractivity contribution >= 4 is 5.91 Å². The maximum atomic E-state index is 12.4. The summed E-state index contributed by atoms with van der Waals surface area (Å²) >= 11 is 0. The number of nitrogens with zero attached hydrogens (tertiary/aromatic N) is 2. The largest absolute Gasteiger partial charge is 0.355 e. The molecule has 112 valence electrons. The lowest BCUT2D eigenvalue weighted by molar-refractivity contribution is 0.0745. The Morgan fingerprint density at radius 3 is 2.52 bits per heavy atom. The van der Waals surface area contributed by atoms with Gasteiger partial charge in [0.15, 0.2) is 11.5 Å². The Bertz CT molecular complexity index is 598. The van der Waals surface area contributed by atoms with Crippen LogP contribution in [0.4, 0.5) is 0 Å². The normalized spacial score (nSPS) is 10.6. The summed E-state index contributed by atoms with van der Waals surface area (Å²) in [4.78, 5) is 14.3. The third-order valence-electron chi connectivity index (χ3n) is 3.31. The van der Waals surface area contributed by atoms with Gasteiger partial charge in [-0.2, -0.15) is 0 Å². The van der Waals surface area contributed by atoms with Crippen LogP contribution >= 0.6 is 0 Å². The number of carbonyl (C=O) groups excluding carboxylic acids is 1. The second-order valence-electron chi connectivity index (χ2n) is 5.24. The molecule has 1 amide bonds. The quantitative estimate of drug-likeness (QED) is 0.808. The molecule has 0 saturated heterocycles. The monoisotopic (exact) mass is 286 g/mol. The van der Waals surface area contributed by atoms with Crippen LogP contribution in [0.5, 0.6) is 0 Å². The maximum Gasteiger partial charge on any atom is 0.276 e. The highest BCUT2D eigenvalue weighted by Crippen LogP contribution is 2.22. The van der Waals surface area contributed by atoms with Crippen LogP contribution in [-0.4, -0.2) is 29.1 Å². The van der Waals surface area contributed by atoms with Gasteiger partial charge in [0.25, 0.3) is 5.91 Å². The van der Waals surface area contributed by atoms with Gasteiger partial charge in [-0.1, -0.05) is 42.8 Å². The molecule has 4 heteroatoms. The van der Waals surface area contributed by atoms with Gasteiger partial charge in [0.2, 0.25) is 0 Å². The summed E-state index contributed by atoms with van der Waals surface area (Å²) < 4.78 is 5.34. The molecule has 0 aliphatic heterocycles. The van der Waals surface area contributed by atoms with Crippen LogP contribution in [0, 0.1) is 6.92 Å². The topological polar surface area (TPSA) is 46.3 Å². The van der Waals surface area contributed by atoms with Crippen molar-refractivity contribution < 1.29 is 9.32 Å². The molecule has 0 unspecified atom stereocenters. The minimum absolute atomic E-state index is 0.0543. The summed E-state index contributed by atoms with van der Waals surface area (Å²) in [5, 5.41) is 3.94. The molecule has 2 rings (SSSR count). The molecule has 2 aromatic rings. The van der Waals surface area contributed by atoms with Crippen molar-refractivity contribution in [1.82, 2.24) is 10.1 Å². The predicted molar refractivity (Wildman–Crippen MR) is 83.2 cm³/mol. The fraction of sp³-hybridized carbons (Fsp3) is 0.412. The van der Waals surface area contributed by atoms with E-state index in [9.17, 15) is 4.79 Å². The van der Waals surface area contributed by atoms with E-state index >= 15 is 0 Å². The first-order valence-electron chi connectivity index (χ1n) is 7.48. The van der Waals surface area contributed by atoms with Crippen LogP contribution in [-0.2, 0) is 0 Å². The van der Waals surface area contributed by atoms with Crippen molar-refractivity contribution in [2.75, 3.05) is 13.1 Å². The summed E-state index contributed by atoms with van der Waals surface area (Å²) in [6, 6.07) is 9.70. The molecular formula is C17H22N2O2. The molecule has 4 nitrogen and oxygen atoms in total. The first-order valence-corrected chi connectivity index (χ1v) is 7.48. The van der Waals surface area contributed by atoms with Crippen molar-refractivity contribution in [2.24, 2.45) is 0 Å². The molecule has 0 spiro atoms. The van der Waals surface area contributed by atoms with Crippen LogP contribution < -0.4 is 0 Å². The zero-order chi connectivity index (χ0) is 15.2. The van der Waals surface area contributed by atoms with E-state index in [4.69, 9.17) is 4.52 Å². The Labute approximate surface area is 125 Å². The van der Waals surface area contributed by atoms with Gasteiger partial charge < -0.3 is 9.42 Å².